The molecule has 3 aliphatic rings. The van der Waals surface area contributed by atoms with Crippen molar-refractivity contribution < 1.29 is 22.8 Å². The molecule has 0 saturated heterocycles. The lowest BCUT2D eigenvalue weighted by Gasteiger charge is -2.45. The van der Waals surface area contributed by atoms with Gasteiger partial charge in [0.2, 0.25) is 5.91 Å². The number of nitrogens with zero attached hydrogens (tertiary/aromatic N) is 1. The van der Waals surface area contributed by atoms with Crippen LogP contribution in [0.2, 0.25) is 0 Å². The van der Waals surface area contributed by atoms with Crippen molar-refractivity contribution in [3.63, 3.8) is 0 Å². The maximum atomic E-state index is 13.7. The molecule has 3 aromatic rings. The number of fused-ring (bicyclic) bond motifs is 6. The summed E-state index contributed by atoms with van der Waals surface area (Å²) < 4.78 is 39.7. The minimum absolute atomic E-state index is 0.0376. The summed E-state index contributed by atoms with van der Waals surface area (Å²) in [5.74, 6) is -1.63. The van der Waals surface area contributed by atoms with Crippen molar-refractivity contribution in [2.45, 2.75) is 28.8 Å². The van der Waals surface area contributed by atoms with Crippen molar-refractivity contribution in [3.05, 3.63) is 80.3 Å². The van der Waals surface area contributed by atoms with E-state index in [-0.39, 0.29) is 39.7 Å². The molecule has 2 aromatic carbocycles. The number of thiazole rings is 1. The molecule has 0 radical (unpaired) electrons. The van der Waals surface area contributed by atoms with Crippen LogP contribution in [0.3, 0.4) is 0 Å². The zero-order valence-electron chi connectivity index (χ0n) is 19.6. The molecule has 2 saturated carbocycles. The number of thioether (sulfide) groups is 1. The standard InChI is InChI=1S/C27H23F3N2O3S2/c1-32(15-5-3-2-4-6-15)25(34)20-17-11-16(18(20)12-33)21-19(13-7-9-14(10-8-13)27(28,29)30)23-24(36-22(17)21)31-26(35)37-23/h2-10,12,16-22H,11H2,1H3,(H,31,35)/t16-,17+,18-,19+,20+,21+,22+/m0/s1. The minimum Gasteiger partial charge on any atom is -0.315 e. The fourth-order valence-electron chi connectivity index (χ4n) is 6.77. The van der Waals surface area contributed by atoms with Crippen LogP contribution in [0.4, 0.5) is 18.9 Å². The van der Waals surface area contributed by atoms with E-state index in [1.54, 1.807) is 23.7 Å². The molecule has 6 rings (SSSR count). The lowest BCUT2D eigenvalue weighted by Crippen LogP contribution is -2.48. The Bertz CT molecular complexity index is 1400. The Morgan fingerprint density at radius 3 is 2.43 bits per heavy atom. The van der Waals surface area contributed by atoms with Gasteiger partial charge in [0.15, 0.2) is 0 Å². The molecule has 1 N–H and O–H groups in total. The predicted octanol–water partition coefficient (Wildman–Crippen LogP) is 5.42. The summed E-state index contributed by atoms with van der Waals surface area (Å²) in [6.07, 6.45) is -2.85. The molecule has 2 fully saturated rings. The van der Waals surface area contributed by atoms with Gasteiger partial charge < -0.3 is 14.7 Å². The third-order valence-corrected chi connectivity index (χ3v) is 10.9. The van der Waals surface area contributed by atoms with Crippen molar-refractivity contribution in [1.82, 2.24) is 4.98 Å². The number of aromatic amines is 1. The van der Waals surface area contributed by atoms with Crippen LogP contribution in [0.15, 0.2) is 64.4 Å². The number of hydrogen-bond donors (Lipinski definition) is 1. The zero-order chi connectivity index (χ0) is 26.1. The smallest absolute Gasteiger partial charge is 0.315 e. The third kappa shape index (κ3) is 3.87. The van der Waals surface area contributed by atoms with Gasteiger partial charge in [0.05, 0.1) is 16.5 Å². The van der Waals surface area contributed by atoms with Gasteiger partial charge in [-0.25, -0.2) is 0 Å². The van der Waals surface area contributed by atoms with Gasteiger partial charge in [-0.2, -0.15) is 13.2 Å². The van der Waals surface area contributed by atoms with Gasteiger partial charge in [0.25, 0.3) is 0 Å². The predicted molar refractivity (Wildman–Crippen MR) is 136 cm³/mol. The van der Waals surface area contributed by atoms with E-state index in [9.17, 15) is 27.6 Å². The van der Waals surface area contributed by atoms with Crippen LogP contribution in [0.1, 0.15) is 28.3 Å². The average molecular weight is 545 g/mol. The van der Waals surface area contributed by atoms with E-state index in [0.717, 1.165) is 45.3 Å². The van der Waals surface area contributed by atoms with Crippen LogP contribution in [0, 0.1) is 29.6 Å². The maximum absolute atomic E-state index is 13.7. The average Bonchev–Trinajstić information content (AvgIpc) is 3.56. The number of aromatic nitrogens is 1. The largest absolute Gasteiger partial charge is 0.416 e. The Balaban J connectivity index is 1.39. The first-order chi connectivity index (χ1) is 17.7. The van der Waals surface area contributed by atoms with Crippen molar-refractivity contribution >= 4 is 41.0 Å². The summed E-state index contributed by atoms with van der Waals surface area (Å²) in [7, 11) is 1.72. The highest BCUT2D eigenvalue weighted by atomic mass is 32.2. The lowest BCUT2D eigenvalue weighted by atomic mass is 9.67. The SMILES string of the molecule is CN(C(=O)[C@H]1[C@@H](C=O)[C@@H]2C[C@H]1[C@H]1Sc3[nH]c(=O)sc3[C@H](c3ccc(C(F)(F)F)cc3)[C@@H]21)c1ccccc1. The molecule has 2 aliphatic carbocycles. The van der Waals surface area contributed by atoms with Gasteiger partial charge in [0.1, 0.15) is 6.29 Å². The van der Waals surface area contributed by atoms with Crippen LogP contribution in [-0.2, 0) is 15.8 Å². The van der Waals surface area contributed by atoms with E-state index in [4.69, 9.17) is 0 Å². The summed E-state index contributed by atoms with van der Waals surface area (Å²) in [5, 5.41) is 0.684. The third-order valence-electron chi connectivity index (χ3n) is 8.29. The number of carbonyl (C=O) groups excluding carboxylic acids is 2. The molecule has 37 heavy (non-hydrogen) atoms. The second-order valence-electron chi connectivity index (χ2n) is 10.0. The van der Waals surface area contributed by atoms with Crippen molar-refractivity contribution in [2.24, 2.45) is 29.6 Å². The Hall–Kier alpha value is -2.85. The van der Waals surface area contributed by atoms with Gasteiger partial charge >= 0.3 is 11.0 Å². The number of para-hydroxylation sites is 1. The van der Waals surface area contributed by atoms with E-state index in [1.165, 1.54) is 12.1 Å². The minimum atomic E-state index is -4.44. The number of carbonyl (C=O) groups is 2. The topological polar surface area (TPSA) is 70.2 Å². The highest BCUT2D eigenvalue weighted by Gasteiger charge is 2.64. The van der Waals surface area contributed by atoms with E-state index < -0.39 is 23.6 Å². The summed E-state index contributed by atoms with van der Waals surface area (Å²) in [6, 6.07) is 14.4. The second kappa shape index (κ2) is 8.87. The number of alkyl halides is 3. The zero-order valence-corrected chi connectivity index (χ0v) is 21.3. The molecule has 192 valence electrons. The number of aldehydes is 1. The van der Waals surface area contributed by atoms with Gasteiger partial charge in [-0.15, -0.1) is 11.8 Å². The molecule has 1 aromatic heterocycles. The molecule has 2 heterocycles. The number of amides is 1. The molecule has 7 atom stereocenters. The molecule has 5 nitrogen and oxygen atoms in total. The molecular formula is C27H23F3N2O3S2. The molecule has 0 spiro atoms. The van der Waals surface area contributed by atoms with E-state index in [2.05, 4.69) is 4.98 Å². The number of hydrogen-bond acceptors (Lipinski definition) is 5. The Morgan fingerprint density at radius 2 is 1.78 bits per heavy atom. The molecule has 2 bridgehead atoms. The highest BCUT2D eigenvalue weighted by Crippen LogP contribution is 2.66. The normalized spacial score (nSPS) is 30.0. The fourth-order valence-corrected chi connectivity index (χ4v) is 9.66. The van der Waals surface area contributed by atoms with Crippen molar-refractivity contribution in [2.75, 3.05) is 11.9 Å². The summed E-state index contributed by atoms with van der Waals surface area (Å²) >= 11 is 2.63. The Labute approximate surface area is 219 Å². The molecule has 1 amide bonds. The van der Waals surface area contributed by atoms with Crippen molar-refractivity contribution in [1.29, 1.82) is 0 Å². The van der Waals surface area contributed by atoms with E-state index in [1.807, 2.05) is 30.3 Å². The van der Waals surface area contributed by atoms with Gasteiger partial charge in [0, 0.05) is 34.7 Å². The van der Waals surface area contributed by atoms with Crippen LogP contribution >= 0.6 is 23.1 Å². The van der Waals surface area contributed by atoms with E-state index in [0.29, 0.717) is 12.0 Å². The number of halogens is 3. The Kier molecular flexibility index (Phi) is 5.87. The van der Waals surface area contributed by atoms with Crippen LogP contribution in [-0.4, -0.2) is 29.5 Å². The lowest BCUT2D eigenvalue weighted by molar-refractivity contribution is -0.137. The van der Waals surface area contributed by atoms with Crippen LogP contribution in [0.25, 0.3) is 0 Å². The number of anilines is 1. The fraction of sp³-hybridized carbons (Fsp3) is 0.370. The molecular weight excluding hydrogens is 521 g/mol. The summed E-state index contributed by atoms with van der Waals surface area (Å²) in [4.78, 5) is 43.6. The highest BCUT2D eigenvalue weighted by molar-refractivity contribution is 8.00. The van der Waals surface area contributed by atoms with Crippen LogP contribution in [0.5, 0.6) is 0 Å². The number of rotatable bonds is 4. The quantitative estimate of drug-likeness (QED) is 0.446. The monoisotopic (exact) mass is 544 g/mol. The van der Waals surface area contributed by atoms with Gasteiger partial charge in [-0.05, 0) is 54.0 Å². The maximum Gasteiger partial charge on any atom is 0.416 e. The summed E-state index contributed by atoms with van der Waals surface area (Å²) in [5.41, 5.74) is 0.718. The first-order valence-corrected chi connectivity index (χ1v) is 13.7. The molecule has 10 heteroatoms. The van der Waals surface area contributed by atoms with Gasteiger partial charge in [-0.1, -0.05) is 41.7 Å². The van der Waals surface area contributed by atoms with Gasteiger partial charge in [-0.3, -0.25) is 9.59 Å². The second-order valence-corrected chi connectivity index (χ2v) is 12.2. The summed E-state index contributed by atoms with van der Waals surface area (Å²) in [6.45, 7) is 0. The number of nitrogens with one attached hydrogen (secondary N) is 1. The molecule has 1 aliphatic heterocycles. The Morgan fingerprint density at radius 1 is 1.08 bits per heavy atom. The number of H-pyrrole nitrogens is 1. The molecule has 0 unspecified atom stereocenters. The van der Waals surface area contributed by atoms with Crippen LogP contribution < -0.4 is 9.77 Å². The van der Waals surface area contributed by atoms with E-state index >= 15 is 0 Å². The number of benzene rings is 2. The first-order valence-electron chi connectivity index (χ1n) is 12.0. The van der Waals surface area contributed by atoms with Crippen molar-refractivity contribution in [3.8, 4) is 0 Å². The first kappa shape index (κ1) is 24.5.